The minimum atomic E-state index is -0.399. The van der Waals surface area contributed by atoms with Crippen LogP contribution in [0, 0.1) is 10.1 Å². The maximum Gasteiger partial charge on any atom is 0.277 e. The van der Waals surface area contributed by atoms with Gasteiger partial charge in [-0.15, -0.1) is 0 Å². The van der Waals surface area contributed by atoms with E-state index in [-0.39, 0.29) is 5.69 Å². The van der Waals surface area contributed by atoms with Gasteiger partial charge in [-0.25, -0.2) is 0 Å². The van der Waals surface area contributed by atoms with Crippen molar-refractivity contribution in [3.8, 4) is 0 Å². The van der Waals surface area contributed by atoms with Gasteiger partial charge in [-0.3, -0.25) is 15.1 Å². The van der Waals surface area contributed by atoms with Gasteiger partial charge < -0.3 is 9.84 Å². The van der Waals surface area contributed by atoms with Gasteiger partial charge in [0.05, 0.1) is 16.9 Å². The van der Waals surface area contributed by atoms with Crippen molar-refractivity contribution >= 4 is 22.1 Å². The van der Waals surface area contributed by atoms with Gasteiger partial charge in [-0.2, -0.15) is 0 Å². The van der Waals surface area contributed by atoms with E-state index in [1.165, 1.54) is 18.5 Å². The Hall–Kier alpha value is -2.96. The van der Waals surface area contributed by atoms with Crippen molar-refractivity contribution in [3.05, 3.63) is 58.7 Å². The van der Waals surface area contributed by atoms with E-state index in [1.54, 1.807) is 24.4 Å². The third-order valence-corrected chi connectivity index (χ3v) is 2.94. The third-order valence-electron chi connectivity index (χ3n) is 2.94. The fraction of sp³-hybridized carbons (Fsp3) is 0.0769. The Morgan fingerprint density at radius 3 is 2.90 bits per heavy atom. The monoisotopic (exact) mass is 270 g/mol. The van der Waals surface area contributed by atoms with Crippen LogP contribution in [0.3, 0.4) is 0 Å². The SMILES string of the molecule is O=[N+]([O-])c1ccc(NCc2ccon2)c2cnccc12. The lowest BCUT2D eigenvalue weighted by Gasteiger charge is -2.08. The Bertz CT molecular complexity index is 755. The number of anilines is 1. The third kappa shape index (κ3) is 2.16. The molecule has 0 atom stereocenters. The van der Waals surface area contributed by atoms with Gasteiger partial charge in [0, 0.05) is 35.6 Å². The normalized spacial score (nSPS) is 10.6. The zero-order chi connectivity index (χ0) is 13.9. The highest BCUT2D eigenvalue weighted by molar-refractivity contribution is 5.99. The number of pyridine rings is 1. The maximum absolute atomic E-state index is 11.0. The highest BCUT2D eigenvalue weighted by Gasteiger charge is 2.14. The molecule has 0 bridgehead atoms. The first kappa shape index (κ1) is 12.1. The fourth-order valence-corrected chi connectivity index (χ4v) is 2.00. The molecule has 3 aromatic rings. The predicted octanol–water partition coefficient (Wildman–Crippen LogP) is 2.74. The number of non-ortho nitro benzene ring substituents is 1. The molecule has 3 rings (SSSR count). The van der Waals surface area contributed by atoms with Crippen molar-refractivity contribution < 1.29 is 9.45 Å². The van der Waals surface area contributed by atoms with Gasteiger partial charge in [-0.05, 0) is 12.1 Å². The van der Waals surface area contributed by atoms with Gasteiger partial charge in [0.2, 0.25) is 0 Å². The number of rotatable bonds is 4. The summed E-state index contributed by atoms with van der Waals surface area (Å²) in [7, 11) is 0. The lowest BCUT2D eigenvalue weighted by Crippen LogP contribution is -2.01. The fourth-order valence-electron chi connectivity index (χ4n) is 2.00. The van der Waals surface area contributed by atoms with Gasteiger partial charge in [0.25, 0.3) is 5.69 Å². The second-order valence-electron chi connectivity index (χ2n) is 4.15. The average Bonchev–Trinajstić information content (AvgIpc) is 2.97. The molecule has 7 nitrogen and oxygen atoms in total. The molecule has 0 fully saturated rings. The van der Waals surface area contributed by atoms with Gasteiger partial charge in [-0.1, -0.05) is 5.16 Å². The van der Waals surface area contributed by atoms with Crippen LogP contribution < -0.4 is 5.32 Å². The number of hydrogen-bond donors (Lipinski definition) is 1. The van der Waals surface area contributed by atoms with E-state index in [0.717, 1.165) is 11.4 Å². The van der Waals surface area contributed by atoms with Crippen LogP contribution in [-0.2, 0) is 6.54 Å². The summed E-state index contributed by atoms with van der Waals surface area (Å²) in [5, 5.41) is 19.2. The number of aromatic nitrogens is 2. The summed E-state index contributed by atoms with van der Waals surface area (Å²) in [6.45, 7) is 0.471. The Labute approximate surface area is 113 Å². The number of fused-ring (bicyclic) bond motifs is 1. The summed E-state index contributed by atoms with van der Waals surface area (Å²) >= 11 is 0. The largest absolute Gasteiger partial charge is 0.379 e. The van der Waals surface area contributed by atoms with Crippen molar-refractivity contribution in [1.82, 2.24) is 10.1 Å². The lowest BCUT2D eigenvalue weighted by atomic mass is 10.1. The predicted molar refractivity (Wildman–Crippen MR) is 72.2 cm³/mol. The van der Waals surface area contributed by atoms with Crippen molar-refractivity contribution in [2.45, 2.75) is 6.54 Å². The van der Waals surface area contributed by atoms with Crippen LogP contribution in [0.4, 0.5) is 11.4 Å². The minimum Gasteiger partial charge on any atom is -0.379 e. The Morgan fingerprint density at radius 1 is 1.25 bits per heavy atom. The molecular weight excluding hydrogens is 260 g/mol. The number of nitrogens with one attached hydrogen (secondary N) is 1. The molecule has 100 valence electrons. The van der Waals surface area contributed by atoms with Crippen LogP contribution in [0.5, 0.6) is 0 Å². The molecule has 7 heteroatoms. The number of nitro groups is 1. The first-order valence-corrected chi connectivity index (χ1v) is 5.90. The topological polar surface area (TPSA) is 94.1 Å². The quantitative estimate of drug-likeness (QED) is 0.578. The zero-order valence-corrected chi connectivity index (χ0v) is 10.3. The summed E-state index contributed by atoms with van der Waals surface area (Å²) in [4.78, 5) is 14.6. The maximum atomic E-state index is 11.0. The molecule has 0 amide bonds. The summed E-state index contributed by atoms with van der Waals surface area (Å²) in [6.07, 6.45) is 4.64. The second-order valence-corrected chi connectivity index (χ2v) is 4.15. The van der Waals surface area contributed by atoms with E-state index in [1.807, 2.05) is 0 Å². The smallest absolute Gasteiger partial charge is 0.277 e. The molecule has 1 N–H and O–H groups in total. The molecule has 2 heterocycles. The average molecular weight is 270 g/mol. The summed E-state index contributed by atoms with van der Waals surface area (Å²) < 4.78 is 4.75. The molecule has 1 aromatic carbocycles. The van der Waals surface area contributed by atoms with Crippen molar-refractivity contribution in [3.63, 3.8) is 0 Å². The minimum absolute atomic E-state index is 0.0642. The summed E-state index contributed by atoms with van der Waals surface area (Å²) in [5.41, 5.74) is 1.58. The molecule has 2 aromatic heterocycles. The van der Waals surface area contributed by atoms with E-state index >= 15 is 0 Å². The van der Waals surface area contributed by atoms with E-state index < -0.39 is 4.92 Å². The van der Waals surface area contributed by atoms with Crippen LogP contribution in [-0.4, -0.2) is 15.1 Å². The Morgan fingerprint density at radius 2 is 2.15 bits per heavy atom. The van der Waals surface area contributed by atoms with Crippen molar-refractivity contribution in [1.29, 1.82) is 0 Å². The van der Waals surface area contributed by atoms with Crippen LogP contribution in [0.25, 0.3) is 10.8 Å². The van der Waals surface area contributed by atoms with Gasteiger partial charge in [0.15, 0.2) is 0 Å². The summed E-state index contributed by atoms with van der Waals surface area (Å²) in [5.74, 6) is 0. The molecule has 0 aliphatic rings. The highest BCUT2D eigenvalue weighted by Crippen LogP contribution is 2.30. The molecule has 0 unspecified atom stereocenters. The number of nitrogens with zero attached hydrogens (tertiary/aromatic N) is 3. The first-order valence-electron chi connectivity index (χ1n) is 5.90. The van der Waals surface area contributed by atoms with Crippen LogP contribution in [0.15, 0.2) is 47.4 Å². The number of benzene rings is 1. The van der Waals surface area contributed by atoms with Gasteiger partial charge >= 0.3 is 0 Å². The van der Waals surface area contributed by atoms with E-state index in [9.17, 15) is 10.1 Å². The van der Waals surface area contributed by atoms with Crippen LogP contribution in [0.1, 0.15) is 5.69 Å². The molecule has 20 heavy (non-hydrogen) atoms. The standard InChI is InChI=1S/C13H10N4O3/c18-17(19)13-2-1-12(11-8-14-5-3-10(11)13)15-7-9-4-6-20-16-9/h1-6,8,15H,7H2. The van der Waals surface area contributed by atoms with E-state index in [4.69, 9.17) is 4.52 Å². The zero-order valence-electron chi connectivity index (χ0n) is 10.3. The van der Waals surface area contributed by atoms with E-state index in [2.05, 4.69) is 15.5 Å². The first-order chi connectivity index (χ1) is 9.75. The number of hydrogen-bond acceptors (Lipinski definition) is 6. The second kappa shape index (κ2) is 4.96. The van der Waals surface area contributed by atoms with Crippen LogP contribution >= 0.6 is 0 Å². The van der Waals surface area contributed by atoms with Crippen molar-refractivity contribution in [2.75, 3.05) is 5.32 Å². The lowest BCUT2D eigenvalue weighted by molar-refractivity contribution is -0.383. The van der Waals surface area contributed by atoms with Gasteiger partial charge in [0.1, 0.15) is 12.0 Å². The van der Waals surface area contributed by atoms with Crippen LogP contribution in [0.2, 0.25) is 0 Å². The summed E-state index contributed by atoms with van der Waals surface area (Å²) in [6, 6.07) is 6.53. The molecular formula is C13H10N4O3. The molecule has 0 spiro atoms. The number of nitro benzene ring substituents is 1. The highest BCUT2D eigenvalue weighted by atomic mass is 16.6. The Kier molecular flexibility index (Phi) is 3.00. The molecule has 0 aliphatic heterocycles. The molecule has 0 aliphatic carbocycles. The Balaban J connectivity index is 1.99. The van der Waals surface area contributed by atoms with Crippen molar-refractivity contribution in [2.24, 2.45) is 0 Å². The molecule has 0 radical (unpaired) electrons. The molecule has 0 saturated heterocycles. The van der Waals surface area contributed by atoms with E-state index in [0.29, 0.717) is 17.3 Å². The molecule has 0 saturated carbocycles.